The quantitative estimate of drug-likeness (QED) is 0.713. The number of hydrogen-bond donors (Lipinski definition) is 1. The van der Waals surface area contributed by atoms with Gasteiger partial charge in [0.05, 0.1) is 13.5 Å². The van der Waals surface area contributed by atoms with Crippen molar-refractivity contribution in [3.8, 4) is 5.75 Å². The molecular weight excluding hydrogens is 324 g/mol. The lowest BCUT2D eigenvalue weighted by Gasteiger charge is -2.27. The molecule has 0 fully saturated rings. The minimum atomic E-state index is 0.135. The topological polar surface area (TPSA) is 45.3 Å². The molecule has 1 N–H and O–H groups in total. The van der Waals surface area contributed by atoms with Crippen LogP contribution in [0.1, 0.15) is 30.7 Å². The van der Waals surface area contributed by atoms with Crippen LogP contribution in [0.3, 0.4) is 0 Å². The lowest BCUT2D eigenvalue weighted by Crippen LogP contribution is -2.37. The number of nitrogens with one attached hydrogen (secondary N) is 1. The van der Waals surface area contributed by atoms with Gasteiger partial charge in [-0.25, -0.2) is 0 Å². The second kappa shape index (κ2) is 7.65. The summed E-state index contributed by atoms with van der Waals surface area (Å²) >= 11 is 0. The molecule has 0 atom stereocenters. The van der Waals surface area contributed by atoms with Crippen molar-refractivity contribution < 1.29 is 9.53 Å². The molecule has 0 bridgehead atoms. The number of aromatic nitrogens is 1. The highest BCUT2D eigenvalue weighted by Crippen LogP contribution is 2.27. The summed E-state index contributed by atoms with van der Waals surface area (Å²) in [6.45, 7) is 6.77. The molecule has 1 heterocycles. The molecule has 0 spiro atoms. The fraction of sp³-hybridized carbons (Fsp3) is 0.318. The predicted molar refractivity (Wildman–Crippen MR) is 105 cm³/mol. The van der Waals surface area contributed by atoms with Crippen LogP contribution in [0, 0.1) is 6.92 Å². The molecule has 0 aliphatic rings. The monoisotopic (exact) mass is 350 g/mol. The zero-order valence-electron chi connectivity index (χ0n) is 15.9. The van der Waals surface area contributed by atoms with E-state index in [0.29, 0.717) is 13.0 Å². The van der Waals surface area contributed by atoms with Crippen molar-refractivity contribution in [2.45, 2.75) is 39.8 Å². The summed E-state index contributed by atoms with van der Waals surface area (Å²) < 4.78 is 5.35. The van der Waals surface area contributed by atoms with Gasteiger partial charge in [0.15, 0.2) is 0 Å². The number of hydrogen-bond acceptors (Lipinski definition) is 2. The molecule has 4 nitrogen and oxygen atoms in total. The molecular formula is C22H26N2O2. The molecule has 0 aliphatic carbocycles. The smallest absolute Gasteiger partial charge is 0.227 e. The average molecular weight is 350 g/mol. The molecule has 0 unspecified atom stereocenters. The normalized spacial score (nSPS) is 11.1. The van der Waals surface area contributed by atoms with E-state index in [4.69, 9.17) is 4.74 Å². The van der Waals surface area contributed by atoms with Crippen molar-refractivity contribution in [1.82, 2.24) is 9.88 Å². The van der Waals surface area contributed by atoms with Gasteiger partial charge in [-0.3, -0.25) is 4.79 Å². The van der Waals surface area contributed by atoms with Crippen LogP contribution in [0.25, 0.3) is 10.9 Å². The fourth-order valence-corrected chi connectivity index (χ4v) is 3.31. The van der Waals surface area contributed by atoms with Crippen LogP contribution in [0.15, 0.2) is 48.5 Å². The largest absolute Gasteiger partial charge is 0.497 e. The van der Waals surface area contributed by atoms with Crippen LogP contribution in [0.2, 0.25) is 0 Å². The lowest BCUT2D eigenvalue weighted by molar-refractivity contribution is -0.132. The number of aromatic amines is 1. The van der Waals surface area contributed by atoms with Crippen LogP contribution < -0.4 is 4.74 Å². The van der Waals surface area contributed by atoms with Gasteiger partial charge in [0.25, 0.3) is 0 Å². The zero-order valence-corrected chi connectivity index (χ0v) is 15.9. The first kappa shape index (κ1) is 18.1. The van der Waals surface area contributed by atoms with E-state index in [9.17, 15) is 4.79 Å². The third kappa shape index (κ3) is 3.74. The van der Waals surface area contributed by atoms with Gasteiger partial charge in [0.1, 0.15) is 5.75 Å². The summed E-state index contributed by atoms with van der Waals surface area (Å²) in [6.07, 6.45) is 0.379. The van der Waals surface area contributed by atoms with Crippen LogP contribution in [0.4, 0.5) is 0 Å². The minimum absolute atomic E-state index is 0.135. The fourth-order valence-electron chi connectivity index (χ4n) is 3.31. The summed E-state index contributed by atoms with van der Waals surface area (Å²) in [4.78, 5) is 18.4. The van der Waals surface area contributed by atoms with Gasteiger partial charge in [0.2, 0.25) is 5.91 Å². The van der Waals surface area contributed by atoms with Crippen LogP contribution in [-0.4, -0.2) is 28.9 Å². The highest BCUT2D eigenvalue weighted by molar-refractivity contribution is 5.91. The van der Waals surface area contributed by atoms with E-state index in [2.05, 4.69) is 31.0 Å². The van der Waals surface area contributed by atoms with Gasteiger partial charge in [-0.1, -0.05) is 30.3 Å². The number of amides is 1. The van der Waals surface area contributed by atoms with Crippen molar-refractivity contribution in [3.63, 3.8) is 0 Å². The van der Waals surface area contributed by atoms with Gasteiger partial charge in [0, 0.05) is 29.2 Å². The molecule has 1 aromatic heterocycles. The molecule has 3 rings (SSSR count). The van der Waals surface area contributed by atoms with Gasteiger partial charge in [-0.2, -0.15) is 0 Å². The number of benzene rings is 2. The van der Waals surface area contributed by atoms with E-state index in [-0.39, 0.29) is 11.9 Å². The number of carbonyl (C=O) groups is 1. The number of fused-ring (bicyclic) bond motifs is 1. The lowest BCUT2D eigenvalue weighted by atomic mass is 10.1. The van der Waals surface area contributed by atoms with Gasteiger partial charge >= 0.3 is 0 Å². The predicted octanol–water partition coefficient (Wildman–Crippen LogP) is 4.46. The van der Waals surface area contributed by atoms with Crippen LogP contribution >= 0.6 is 0 Å². The van der Waals surface area contributed by atoms with Crippen molar-refractivity contribution in [3.05, 3.63) is 65.4 Å². The highest BCUT2D eigenvalue weighted by Gasteiger charge is 2.20. The van der Waals surface area contributed by atoms with Crippen molar-refractivity contribution in [1.29, 1.82) is 0 Å². The third-order valence-electron chi connectivity index (χ3n) is 4.79. The molecule has 136 valence electrons. The summed E-state index contributed by atoms with van der Waals surface area (Å²) in [7, 11) is 1.66. The zero-order chi connectivity index (χ0) is 18.7. The summed E-state index contributed by atoms with van der Waals surface area (Å²) in [6, 6.07) is 16.2. The molecule has 26 heavy (non-hydrogen) atoms. The number of ether oxygens (including phenoxy) is 1. The van der Waals surface area contributed by atoms with E-state index in [1.807, 2.05) is 48.2 Å². The molecule has 0 aliphatic heterocycles. The Kier molecular flexibility index (Phi) is 5.31. The van der Waals surface area contributed by atoms with Crippen LogP contribution in [0.5, 0.6) is 5.75 Å². The van der Waals surface area contributed by atoms with E-state index in [1.165, 1.54) is 0 Å². The maximum atomic E-state index is 13.1. The van der Waals surface area contributed by atoms with Gasteiger partial charge in [-0.05, 0) is 50.1 Å². The first-order valence-corrected chi connectivity index (χ1v) is 8.98. The number of H-pyrrole nitrogens is 1. The third-order valence-corrected chi connectivity index (χ3v) is 4.79. The van der Waals surface area contributed by atoms with Gasteiger partial charge < -0.3 is 14.6 Å². The number of aryl methyl sites for hydroxylation is 1. The summed E-state index contributed by atoms with van der Waals surface area (Å²) in [5.74, 6) is 0.936. The van der Waals surface area contributed by atoms with E-state index < -0.39 is 0 Å². The number of methoxy groups -OCH3 is 1. The van der Waals surface area contributed by atoms with Gasteiger partial charge in [-0.15, -0.1) is 0 Å². The van der Waals surface area contributed by atoms with Crippen molar-refractivity contribution in [2.75, 3.05) is 7.11 Å². The SMILES string of the molecule is COc1ccc2[nH]c(C)c(CC(=O)N(Cc3ccccc3)C(C)C)c2c1. The van der Waals surface area contributed by atoms with Crippen LogP contribution in [-0.2, 0) is 17.8 Å². The molecule has 1 amide bonds. The second-order valence-electron chi connectivity index (χ2n) is 6.92. The Morgan fingerprint density at radius 3 is 2.54 bits per heavy atom. The Balaban J connectivity index is 1.87. The highest BCUT2D eigenvalue weighted by atomic mass is 16.5. The summed E-state index contributed by atoms with van der Waals surface area (Å²) in [5, 5.41) is 1.05. The van der Waals surface area contributed by atoms with E-state index >= 15 is 0 Å². The molecule has 0 saturated heterocycles. The Labute approximate surface area is 154 Å². The summed E-state index contributed by atoms with van der Waals surface area (Å²) in [5.41, 5.74) is 4.25. The number of carbonyl (C=O) groups excluding carboxylic acids is 1. The number of nitrogens with zero attached hydrogens (tertiary/aromatic N) is 1. The second-order valence-corrected chi connectivity index (χ2v) is 6.92. The standard InChI is InChI=1S/C22H26N2O2/c1-15(2)24(14-17-8-6-5-7-9-17)22(25)13-19-16(3)23-21-11-10-18(26-4)12-20(19)21/h5-12,15,23H,13-14H2,1-4H3. The average Bonchev–Trinajstić information content (AvgIpc) is 2.94. The molecule has 4 heteroatoms. The Morgan fingerprint density at radius 2 is 1.88 bits per heavy atom. The number of rotatable bonds is 6. The maximum Gasteiger partial charge on any atom is 0.227 e. The van der Waals surface area contributed by atoms with Crippen molar-refractivity contribution >= 4 is 16.8 Å². The molecule has 0 saturated carbocycles. The first-order chi connectivity index (χ1) is 12.5. The first-order valence-electron chi connectivity index (χ1n) is 8.98. The molecule has 0 radical (unpaired) electrons. The Hall–Kier alpha value is -2.75. The van der Waals surface area contributed by atoms with E-state index in [0.717, 1.165) is 33.5 Å². The van der Waals surface area contributed by atoms with Crippen molar-refractivity contribution in [2.24, 2.45) is 0 Å². The Bertz CT molecular complexity index is 897. The molecule has 3 aromatic rings. The maximum absolute atomic E-state index is 13.1. The minimum Gasteiger partial charge on any atom is -0.497 e. The Morgan fingerprint density at radius 1 is 1.15 bits per heavy atom. The van der Waals surface area contributed by atoms with E-state index in [1.54, 1.807) is 7.11 Å². The molecule has 2 aromatic carbocycles.